The number of hydrogen-bond donors (Lipinski definition) is 1. The first-order valence-electron chi connectivity index (χ1n) is 7.33. The Morgan fingerprint density at radius 1 is 1.24 bits per heavy atom. The second kappa shape index (κ2) is 7.41. The summed E-state index contributed by atoms with van der Waals surface area (Å²) < 4.78 is 38.4. The van der Waals surface area contributed by atoms with E-state index in [1.54, 1.807) is 25.1 Å². The van der Waals surface area contributed by atoms with Crippen molar-refractivity contribution in [3.8, 4) is 0 Å². The molecule has 0 aliphatic rings. The number of carboxylic acids is 1. The van der Waals surface area contributed by atoms with E-state index in [1.165, 1.54) is 12.1 Å². The summed E-state index contributed by atoms with van der Waals surface area (Å²) in [6.07, 6.45) is 0.837. The molecule has 1 N–H and O–H groups in total. The number of rotatable bonds is 6. The van der Waals surface area contributed by atoms with Gasteiger partial charge in [0.15, 0.2) is 0 Å². The fourth-order valence-electron chi connectivity index (χ4n) is 2.54. The summed E-state index contributed by atoms with van der Waals surface area (Å²) in [5, 5.41) is 10.1. The highest BCUT2D eigenvalue weighted by Gasteiger charge is 2.33. The molecule has 0 unspecified atom stereocenters. The lowest BCUT2D eigenvalue weighted by atomic mass is 10.0. The fraction of sp³-hybridized carbons (Fsp3) is 0.235. The molecule has 0 aliphatic heterocycles. The highest BCUT2D eigenvalue weighted by atomic mass is 35.5. The number of nitrogens with zero attached hydrogens (tertiary/aromatic N) is 1. The third-order valence-electron chi connectivity index (χ3n) is 3.80. The summed E-state index contributed by atoms with van der Waals surface area (Å²) >= 11 is 6.06. The Kier molecular flexibility index (Phi) is 5.69. The molecule has 0 heterocycles. The number of carboxylic acid groups (broad SMARTS) is 1. The number of sulfonamides is 1. The minimum atomic E-state index is -3.92. The Morgan fingerprint density at radius 2 is 1.84 bits per heavy atom. The first-order valence-corrected chi connectivity index (χ1v) is 9.55. The van der Waals surface area contributed by atoms with E-state index in [2.05, 4.69) is 0 Å². The first-order chi connectivity index (χ1) is 11.6. The van der Waals surface area contributed by atoms with Crippen LogP contribution >= 0.6 is 11.6 Å². The van der Waals surface area contributed by atoms with Gasteiger partial charge in [-0.1, -0.05) is 23.7 Å². The maximum Gasteiger partial charge on any atom is 0.327 e. The molecule has 134 valence electrons. The van der Waals surface area contributed by atoms with Gasteiger partial charge in [0.05, 0.1) is 11.9 Å². The van der Waals surface area contributed by atoms with Crippen LogP contribution in [0.5, 0.6) is 0 Å². The molecule has 2 aromatic rings. The Morgan fingerprint density at radius 3 is 2.36 bits per heavy atom. The average Bonchev–Trinajstić information content (AvgIpc) is 2.51. The zero-order valence-electron chi connectivity index (χ0n) is 13.6. The molecule has 0 amide bonds. The summed E-state index contributed by atoms with van der Waals surface area (Å²) in [6.45, 7) is 1.74. The summed E-state index contributed by atoms with van der Waals surface area (Å²) in [6, 6.07) is 8.28. The number of aliphatic carboxylic acids is 1. The molecule has 25 heavy (non-hydrogen) atoms. The molecule has 0 aliphatic carbocycles. The third kappa shape index (κ3) is 4.49. The Labute approximate surface area is 150 Å². The van der Waals surface area contributed by atoms with Gasteiger partial charge in [-0.25, -0.2) is 17.6 Å². The van der Waals surface area contributed by atoms with Gasteiger partial charge in [0, 0.05) is 11.4 Å². The van der Waals surface area contributed by atoms with Gasteiger partial charge in [-0.3, -0.25) is 4.31 Å². The second-order valence-corrected chi connectivity index (χ2v) is 7.88. The Balaban J connectivity index is 2.52. The predicted octanol–water partition coefficient (Wildman–Crippen LogP) is 3.25. The van der Waals surface area contributed by atoms with Gasteiger partial charge in [0.2, 0.25) is 10.0 Å². The molecule has 0 aromatic heterocycles. The zero-order valence-corrected chi connectivity index (χ0v) is 15.2. The van der Waals surface area contributed by atoms with Gasteiger partial charge in [-0.2, -0.15) is 0 Å². The SMILES string of the molecule is Cc1c(Cl)cccc1C[C@@H](C(=O)O)N(c1ccc(F)cc1)S(C)(=O)=O. The highest BCUT2D eigenvalue weighted by molar-refractivity contribution is 7.92. The molecule has 0 saturated heterocycles. The monoisotopic (exact) mass is 385 g/mol. The van der Waals surface area contributed by atoms with Crippen LogP contribution in [0.3, 0.4) is 0 Å². The van der Waals surface area contributed by atoms with Crippen LogP contribution in [0.15, 0.2) is 42.5 Å². The van der Waals surface area contributed by atoms with Crippen LogP contribution in [0, 0.1) is 12.7 Å². The molecule has 0 fully saturated rings. The largest absolute Gasteiger partial charge is 0.480 e. The van der Waals surface area contributed by atoms with Gasteiger partial charge in [-0.15, -0.1) is 0 Å². The quantitative estimate of drug-likeness (QED) is 0.828. The van der Waals surface area contributed by atoms with Crippen molar-refractivity contribution >= 4 is 33.3 Å². The summed E-state index contributed by atoms with van der Waals surface area (Å²) in [5.41, 5.74) is 1.38. The smallest absolute Gasteiger partial charge is 0.327 e. The second-order valence-electron chi connectivity index (χ2n) is 5.62. The van der Waals surface area contributed by atoms with Crippen molar-refractivity contribution in [2.45, 2.75) is 19.4 Å². The Hall–Kier alpha value is -2.12. The highest BCUT2D eigenvalue weighted by Crippen LogP contribution is 2.26. The number of benzene rings is 2. The molecule has 1 atom stereocenters. The average molecular weight is 386 g/mol. The van der Waals surface area contributed by atoms with E-state index in [-0.39, 0.29) is 12.1 Å². The predicted molar refractivity (Wildman–Crippen MR) is 95.0 cm³/mol. The number of anilines is 1. The van der Waals surface area contributed by atoms with Crippen LogP contribution in [-0.2, 0) is 21.2 Å². The topological polar surface area (TPSA) is 74.7 Å². The molecular formula is C17H17ClFNO4S. The van der Waals surface area contributed by atoms with E-state index >= 15 is 0 Å². The van der Waals surface area contributed by atoms with Crippen LogP contribution < -0.4 is 4.31 Å². The van der Waals surface area contributed by atoms with Crippen molar-refractivity contribution in [1.29, 1.82) is 0 Å². The van der Waals surface area contributed by atoms with E-state index in [9.17, 15) is 22.7 Å². The van der Waals surface area contributed by atoms with E-state index in [0.29, 0.717) is 16.1 Å². The maximum atomic E-state index is 13.2. The van der Waals surface area contributed by atoms with Crippen molar-refractivity contribution in [2.75, 3.05) is 10.6 Å². The van der Waals surface area contributed by atoms with E-state index in [1.807, 2.05) is 0 Å². The molecular weight excluding hydrogens is 369 g/mol. The number of halogens is 2. The minimum Gasteiger partial charge on any atom is -0.480 e. The summed E-state index contributed by atoms with van der Waals surface area (Å²) in [5.74, 6) is -1.86. The van der Waals surface area contributed by atoms with Crippen molar-refractivity contribution < 1.29 is 22.7 Å². The summed E-state index contributed by atoms with van der Waals surface area (Å²) in [7, 11) is -3.92. The summed E-state index contributed by atoms with van der Waals surface area (Å²) in [4.78, 5) is 11.8. The van der Waals surface area contributed by atoms with Crippen molar-refractivity contribution in [3.05, 3.63) is 64.4 Å². The molecule has 8 heteroatoms. The zero-order chi connectivity index (χ0) is 18.8. The fourth-order valence-corrected chi connectivity index (χ4v) is 3.87. The molecule has 0 radical (unpaired) electrons. The molecule has 0 saturated carbocycles. The van der Waals surface area contributed by atoms with E-state index in [4.69, 9.17) is 11.6 Å². The van der Waals surface area contributed by atoms with Gasteiger partial charge in [0.1, 0.15) is 11.9 Å². The number of carbonyl (C=O) groups is 1. The molecule has 5 nitrogen and oxygen atoms in total. The lowest BCUT2D eigenvalue weighted by Gasteiger charge is -2.29. The standard InChI is InChI=1S/C17H17ClFNO4S/c1-11-12(4-3-5-15(11)18)10-16(17(21)22)20(25(2,23)24)14-8-6-13(19)7-9-14/h3-9,16H,10H2,1-2H3,(H,21,22)/t16-/m0/s1. The van der Waals surface area contributed by atoms with Crippen molar-refractivity contribution in [1.82, 2.24) is 0 Å². The van der Waals surface area contributed by atoms with E-state index < -0.39 is 27.9 Å². The Bertz CT molecular complexity index is 884. The van der Waals surface area contributed by atoms with Crippen LogP contribution in [0.2, 0.25) is 5.02 Å². The van der Waals surface area contributed by atoms with Gasteiger partial charge < -0.3 is 5.11 Å². The van der Waals surface area contributed by atoms with E-state index in [0.717, 1.165) is 22.7 Å². The normalized spacial score (nSPS) is 12.6. The van der Waals surface area contributed by atoms with Crippen LogP contribution in [0.25, 0.3) is 0 Å². The lowest BCUT2D eigenvalue weighted by molar-refractivity contribution is -0.138. The van der Waals surface area contributed by atoms with Crippen molar-refractivity contribution in [2.24, 2.45) is 0 Å². The van der Waals surface area contributed by atoms with Crippen molar-refractivity contribution in [3.63, 3.8) is 0 Å². The first kappa shape index (κ1) is 19.2. The molecule has 0 spiro atoms. The minimum absolute atomic E-state index is 0.0772. The lowest BCUT2D eigenvalue weighted by Crippen LogP contribution is -2.46. The molecule has 2 aromatic carbocycles. The van der Waals surface area contributed by atoms with Gasteiger partial charge >= 0.3 is 5.97 Å². The third-order valence-corrected chi connectivity index (χ3v) is 5.39. The maximum absolute atomic E-state index is 13.2. The van der Waals surface area contributed by atoms with Crippen LogP contribution in [-0.4, -0.2) is 31.8 Å². The van der Waals surface area contributed by atoms with Crippen LogP contribution in [0.4, 0.5) is 10.1 Å². The van der Waals surface area contributed by atoms with Gasteiger partial charge in [-0.05, 0) is 48.4 Å². The molecule has 2 rings (SSSR count). The molecule has 0 bridgehead atoms. The van der Waals surface area contributed by atoms with Gasteiger partial charge in [0.25, 0.3) is 0 Å². The van der Waals surface area contributed by atoms with Crippen LogP contribution in [0.1, 0.15) is 11.1 Å². The number of hydrogen-bond acceptors (Lipinski definition) is 3.